The predicted molar refractivity (Wildman–Crippen MR) is 130 cm³/mol. The summed E-state index contributed by atoms with van der Waals surface area (Å²) in [6.45, 7) is 2.30. The maximum atomic E-state index is 13.4. The van der Waals surface area contributed by atoms with Crippen molar-refractivity contribution in [1.82, 2.24) is 9.97 Å². The Bertz CT molecular complexity index is 954. The van der Waals surface area contributed by atoms with Crippen LogP contribution >= 0.6 is 11.6 Å². The summed E-state index contributed by atoms with van der Waals surface area (Å²) in [4.78, 5) is 18.8. The Hall–Kier alpha value is -2.14. The van der Waals surface area contributed by atoms with E-state index < -0.39 is 0 Å². The van der Waals surface area contributed by atoms with Crippen LogP contribution in [0.4, 0.5) is 10.2 Å². The predicted octanol–water partition coefficient (Wildman–Crippen LogP) is 7.04. The first-order valence-corrected chi connectivity index (χ1v) is 12.3. The smallest absolute Gasteiger partial charge is 0.170 e. The zero-order chi connectivity index (χ0) is 22.3. The van der Waals surface area contributed by atoms with Gasteiger partial charge in [-0.05, 0) is 55.7 Å². The van der Waals surface area contributed by atoms with Gasteiger partial charge in [0, 0.05) is 35.5 Å². The van der Waals surface area contributed by atoms with Crippen molar-refractivity contribution >= 4 is 29.3 Å². The van der Waals surface area contributed by atoms with E-state index in [1.807, 2.05) is 12.3 Å². The van der Waals surface area contributed by atoms with Gasteiger partial charge >= 0.3 is 0 Å². The van der Waals surface area contributed by atoms with Crippen LogP contribution in [0.2, 0.25) is 0 Å². The molecule has 3 unspecified atom stereocenters. The van der Waals surface area contributed by atoms with Crippen LogP contribution in [-0.4, -0.2) is 33.3 Å². The second kappa shape index (κ2) is 11.1. The van der Waals surface area contributed by atoms with Crippen LogP contribution in [0, 0.1) is 11.7 Å². The van der Waals surface area contributed by atoms with Crippen molar-refractivity contribution in [3.05, 3.63) is 53.7 Å². The topological polar surface area (TPSA) is 50.5 Å². The first-order chi connectivity index (χ1) is 15.6. The summed E-state index contributed by atoms with van der Waals surface area (Å²) >= 11 is 6.89. The molecule has 0 amide bonds. The van der Waals surface area contributed by atoms with Crippen molar-refractivity contribution in [2.45, 2.75) is 82.0 Å². The van der Waals surface area contributed by atoms with Gasteiger partial charge in [0.25, 0.3) is 0 Å². The highest BCUT2D eigenvalue weighted by Crippen LogP contribution is 2.35. The van der Waals surface area contributed by atoms with Crippen LogP contribution in [0.15, 0.2) is 46.6 Å². The van der Waals surface area contributed by atoms with Gasteiger partial charge in [-0.2, -0.15) is 0 Å². The number of benzene rings is 1. The first kappa shape index (κ1) is 23.0. The van der Waals surface area contributed by atoms with Crippen LogP contribution < -0.4 is 0 Å². The normalized spacial score (nSPS) is 26.8. The minimum Gasteiger partial charge on any atom is -0.291 e. The Kier molecular flexibility index (Phi) is 8.01. The molecule has 170 valence electrons. The molecule has 0 aliphatic heterocycles. The Labute approximate surface area is 195 Å². The number of aliphatic imine (C=N–C) groups is 2. The van der Waals surface area contributed by atoms with Gasteiger partial charge in [-0.1, -0.05) is 44.7 Å². The van der Waals surface area contributed by atoms with Gasteiger partial charge in [0.1, 0.15) is 5.82 Å². The third kappa shape index (κ3) is 6.22. The number of halogens is 2. The third-order valence-corrected chi connectivity index (χ3v) is 7.21. The molecule has 2 aliphatic carbocycles. The van der Waals surface area contributed by atoms with Crippen molar-refractivity contribution in [2.24, 2.45) is 15.9 Å². The summed E-state index contributed by atoms with van der Waals surface area (Å²) in [5, 5.41) is -0.00388. The van der Waals surface area contributed by atoms with Gasteiger partial charge in [0.05, 0.1) is 11.9 Å². The largest absolute Gasteiger partial charge is 0.291 e. The Morgan fingerprint density at radius 2 is 1.91 bits per heavy atom. The molecular formula is C26H32ClFN4. The molecule has 0 bridgehead atoms. The summed E-state index contributed by atoms with van der Waals surface area (Å²) in [5.74, 6) is 0.771. The zero-order valence-corrected chi connectivity index (χ0v) is 19.5. The number of alkyl halides is 1. The minimum atomic E-state index is -0.285. The summed E-state index contributed by atoms with van der Waals surface area (Å²) in [6.07, 6.45) is 15.4. The van der Waals surface area contributed by atoms with E-state index in [0.29, 0.717) is 23.3 Å². The molecular weight excluding hydrogens is 423 g/mol. The van der Waals surface area contributed by atoms with Gasteiger partial charge in [-0.3, -0.25) is 9.98 Å². The lowest BCUT2D eigenvalue weighted by Crippen LogP contribution is -2.27. The highest BCUT2D eigenvalue weighted by molar-refractivity contribution is 6.21. The van der Waals surface area contributed by atoms with E-state index in [1.165, 1.54) is 49.9 Å². The third-order valence-electron chi connectivity index (χ3n) is 6.69. The Morgan fingerprint density at radius 1 is 1.06 bits per heavy atom. The Morgan fingerprint density at radius 3 is 2.72 bits per heavy atom. The van der Waals surface area contributed by atoms with E-state index in [1.54, 1.807) is 18.5 Å². The van der Waals surface area contributed by atoms with Crippen molar-refractivity contribution in [3.63, 3.8) is 0 Å². The van der Waals surface area contributed by atoms with Crippen LogP contribution in [0.5, 0.6) is 0 Å². The molecule has 2 saturated carbocycles. The molecule has 6 heteroatoms. The Balaban J connectivity index is 1.56. The lowest BCUT2D eigenvalue weighted by Gasteiger charge is -2.30. The van der Waals surface area contributed by atoms with Crippen molar-refractivity contribution in [1.29, 1.82) is 0 Å². The van der Waals surface area contributed by atoms with E-state index in [4.69, 9.17) is 21.6 Å². The molecule has 2 fully saturated rings. The molecule has 2 aromatic rings. The molecule has 4 nitrogen and oxygen atoms in total. The van der Waals surface area contributed by atoms with Gasteiger partial charge in [-0.15, -0.1) is 11.6 Å². The molecule has 0 radical (unpaired) electrons. The number of hydrogen-bond acceptors (Lipinski definition) is 4. The van der Waals surface area contributed by atoms with E-state index in [2.05, 4.69) is 16.9 Å². The molecule has 2 aliphatic rings. The molecule has 1 heterocycles. The van der Waals surface area contributed by atoms with E-state index in [0.717, 1.165) is 31.4 Å². The maximum absolute atomic E-state index is 13.4. The zero-order valence-electron chi connectivity index (χ0n) is 18.8. The number of rotatable bonds is 4. The fourth-order valence-electron chi connectivity index (χ4n) is 4.79. The van der Waals surface area contributed by atoms with Crippen molar-refractivity contribution < 1.29 is 4.39 Å². The van der Waals surface area contributed by atoms with Crippen LogP contribution in [0.3, 0.4) is 0 Å². The molecule has 0 N–H and O–H groups in total. The van der Waals surface area contributed by atoms with Gasteiger partial charge in [0.2, 0.25) is 0 Å². The first-order valence-electron chi connectivity index (χ1n) is 11.9. The van der Waals surface area contributed by atoms with Crippen LogP contribution in [0.25, 0.3) is 0 Å². The number of hydrogen-bond donors (Lipinski definition) is 0. The number of aromatic nitrogens is 2. The molecule has 1 aromatic carbocycles. The monoisotopic (exact) mass is 454 g/mol. The van der Waals surface area contributed by atoms with Crippen molar-refractivity contribution in [3.8, 4) is 0 Å². The van der Waals surface area contributed by atoms with Crippen molar-refractivity contribution in [2.75, 3.05) is 0 Å². The molecule has 0 spiro atoms. The summed E-state index contributed by atoms with van der Waals surface area (Å²) in [7, 11) is 0. The van der Waals surface area contributed by atoms with Gasteiger partial charge in [-0.25, -0.2) is 14.4 Å². The average molecular weight is 455 g/mol. The van der Waals surface area contributed by atoms with Gasteiger partial charge in [0.15, 0.2) is 5.82 Å². The molecule has 1 aromatic heterocycles. The summed E-state index contributed by atoms with van der Waals surface area (Å²) < 4.78 is 13.4. The summed E-state index contributed by atoms with van der Waals surface area (Å²) in [6, 6.07) is 6.80. The molecule has 32 heavy (non-hydrogen) atoms. The quantitative estimate of drug-likeness (QED) is 0.367. The fourth-order valence-corrected chi connectivity index (χ4v) is 5.17. The SMILES string of the molecule is CC1CCCC(Cl)C(c2cncc(N=Cc3cccc(F)c3)n2)CC1=NC1CCCCC1. The highest BCUT2D eigenvalue weighted by Gasteiger charge is 2.30. The molecule has 4 rings (SSSR count). The highest BCUT2D eigenvalue weighted by atomic mass is 35.5. The standard InChI is InChI=1S/C26H32ClFN4/c1-18-7-5-12-23(27)22(14-24(18)31-21-10-3-2-4-11-21)25-16-29-17-26(32-25)30-15-19-8-6-9-20(28)13-19/h6,8-9,13,15-18,21-23H,2-5,7,10-12,14H2,1H3. The molecule has 3 atom stereocenters. The van der Waals surface area contributed by atoms with E-state index >= 15 is 0 Å². The average Bonchev–Trinajstić information content (AvgIpc) is 2.80. The fraction of sp³-hybridized carbons (Fsp3) is 0.538. The van der Waals surface area contributed by atoms with E-state index in [-0.39, 0.29) is 17.1 Å². The number of nitrogens with zero attached hydrogens (tertiary/aromatic N) is 4. The van der Waals surface area contributed by atoms with Gasteiger partial charge < -0.3 is 0 Å². The maximum Gasteiger partial charge on any atom is 0.170 e. The molecule has 0 saturated heterocycles. The lowest BCUT2D eigenvalue weighted by molar-refractivity contribution is 0.435. The summed E-state index contributed by atoms with van der Waals surface area (Å²) in [5.41, 5.74) is 2.85. The second-order valence-corrected chi connectivity index (χ2v) is 9.75. The van der Waals surface area contributed by atoms with Crippen LogP contribution in [-0.2, 0) is 0 Å². The minimum absolute atomic E-state index is 0.00388. The van der Waals surface area contributed by atoms with E-state index in [9.17, 15) is 4.39 Å². The van der Waals surface area contributed by atoms with Crippen LogP contribution in [0.1, 0.15) is 81.9 Å². The lowest BCUT2D eigenvalue weighted by atomic mass is 9.82. The second-order valence-electron chi connectivity index (χ2n) is 9.19.